The van der Waals surface area contributed by atoms with E-state index in [-0.39, 0.29) is 0 Å². The highest BCUT2D eigenvalue weighted by Crippen LogP contribution is 2.28. The molecule has 11 heavy (non-hydrogen) atoms. The molecule has 1 saturated heterocycles. The second-order valence-corrected chi connectivity index (χ2v) is 3.72. The summed E-state index contributed by atoms with van der Waals surface area (Å²) in [6, 6.07) is 0. The number of rotatable bonds is 2. The molecule has 3 atom stereocenters. The molecule has 0 aliphatic carbocycles. The van der Waals surface area contributed by atoms with Gasteiger partial charge in [0.25, 0.3) is 0 Å². The molecule has 0 N–H and O–H groups in total. The summed E-state index contributed by atoms with van der Waals surface area (Å²) in [4.78, 5) is 0. The van der Waals surface area contributed by atoms with E-state index in [2.05, 4.69) is 20.8 Å². The van der Waals surface area contributed by atoms with E-state index in [9.17, 15) is 0 Å². The lowest BCUT2D eigenvalue weighted by molar-refractivity contribution is -0.0632. The van der Waals surface area contributed by atoms with E-state index >= 15 is 0 Å². The van der Waals surface area contributed by atoms with Crippen molar-refractivity contribution in [1.82, 2.24) is 0 Å². The zero-order valence-corrected chi connectivity index (χ0v) is 7.97. The molecule has 0 spiro atoms. The minimum Gasteiger partial charge on any atom is -0.375 e. The fourth-order valence-corrected chi connectivity index (χ4v) is 1.97. The van der Waals surface area contributed by atoms with Crippen molar-refractivity contribution < 1.29 is 4.74 Å². The number of hydrogen-bond donors (Lipinski definition) is 0. The minimum atomic E-state index is 0.499. The van der Waals surface area contributed by atoms with Gasteiger partial charge in [-0.3, -0.25) is 0 Å². The van der Waals surface area contributed by atoms with Crippen LogP contribution in [-0.2, 0) is 4.74 Å². The maximum absolute atomic E-state index is 5.77. The predicted octanol–water partition coefficient (Wildman–Crippen LogP) is 2.99. The van der Waals surface area contributed by atoms with Crippen LogP contribution in [0, 0.1) is 5.92 Å². The summed E-state index contributed by atoms with van der Waals surface area (Å²) in [6.07, 6.45) is 6.11. The summed E-state index contributed by atoms with van der Waals surface area (Å²) >= 11 is 0. The van der Waals surface area contributed by atoms with Crippen LogP contribution in [0.1, 0.15) is 46.5 Å². The number of hydrogen-bond acceptors (Lipinski definition) is 1. The second-order valence-electron chi connectivity index (χ2n) is 3.72. The van der Waals surface area contributed by atoms with Gasteiger partial charge in [0.15, 0.2) is 0 Å². The van der Waals surface area contributed by atoms with Gasteiger partial charge in [-0.1, -0.05) is 20.3 Å². The van der Waals surface area contributed by atoms with Gasteiger partial charge in [-0.25, -0.2) is 0 Å². The van der Waals surface area contributed by atoms with Crippen molar-refractivity contribution in [2.75, 3.05) is 0 Å². The highest BCUT2D eigenvalue weighted by atomic mass is 16.5. The largest absolute Gasteiger partial charge is 0.375 e. The molecule has 0 bridgehead atoms. The smallest absolute Gasteiger partial charge is 0.0578 e. The molecule has 1 unspecified atom stereocenters. The Bertz CT molecular complexity index is 99.4. The van der Waals surface area contributed by atoms with Crippen molar-refractivity contribution in [3.8, 4) is 0 Å². The standard InChI is InChI=1S/C10H20O/c1-4-9-6-8(3)11-10(5-2)7-9/h8-10H,4-7H2,1-3H3/t8?,9-,10-/m0/s1. The van der Waals surface area contributed by atoms with E-state index in [1.807, 2.05) is 0 Å². The maximum Gasteiger partial charge on any atom is 0.0578 e. The van der Waals surface area contributed by atoms with E-state index in [1.165, 1.54) is 25.7 Å². The van der Waals surface area contributed by atoms with Gasteiger partial charge in [-0.2, -0.15) is 0 Å². The molecule has 0 aromatic heterocycles. The van der Waals surface area contributed by atoms with E-state index in [0.717, 1.165) is 5.92 Å². The maximum atomic E-state index is 5.77. The lowest BCUT2D eigenvalue weighted by atomic mass is 9.89. The second kappa shape index (κ2) is 4.10. The lowest BCUT2D eigenvalue weighted by Gasteiger charge is -2.32. The first-order valence-electron chi connectivity index (χ1n) is 4.91. The van der Waals surface area contributed by atoms with Crippen LogP contribution in [0.3, 0.4) is 0 Å². The molecule has 1 aliphatic rings. The van der Waals surface area contributed by atoms with Crippen LogP contribution in [0.25, 0.3) is 0 Å². The van der Waals surface area contributed by atoms with Gasteiger partial charge in [-0.05, 0) is 32.1 Å². The van der Waals surface area contributed by atoms with Gasteiger partial charge in [0, 0.05) is 0 Å². The highest BCUT2D eigenvalue weighted by Gasteiger charge is 2.24. The van der Waals surface area contributed by atoms with E-state index < -0.39 is 0 Å². The Morgan fingerprint density at radius 3 is 2.45 bits per heavy atom. The molecule has 1 fully saturated rings. The Morgan fingerprint density at radius 1 is 1.18 bits per heavy atom. The van der Waals surface area contributed by atoms with Crippen LogP contribution in [0.15, 0.2) is 0 Å². The third-order valence-corrected chi connectivity index (χ3v) is 2.72. The number of ether oxygens (including phenoxy) is 1. The molecule has 0 aromatic carbocycles. The molecule has 66 valence electrons. The van der Waals surface area contributed by atoms with Gasteiger partial charge in [0.2, 0.25) is 0 Å². The Balaban J connectivity index is 2.37. The van der Waals surface area contributed by atoms with Crippen LogP contribution >= 0.6 is 0 Å². The fraction of sp³-hybridized carbons (Fsp3) is 1.00. The average molecular weight is 156 g/mol. The van der Waals surface area contributed by atoms with E-state index in [0.29, 0.717) is 12.2 Å². The molecule has 1 aliphatic heterocycles. The predicted molar refractivity (Wildman–Crippen MR) is 47.6 cm³/mol. The fourth-order valence-electron chi connectivity index (χ4n) is 1.97. The zero-order chi connectivity index (χ0) is 8.27. The van der Waals surface area contributed by atoms with E-state index in [1.54, 1.807) is 0 Å². The van der Waals surface area contributed by atoms with Crippen LogP contribution in [-0.4, -0.2) is 12.2 Å². The zero-order valence-electron chi connectivity index (χ0n) is 7.97. The molecule has 1 rings (SSSR count). The summed E-state index contributed by atoms with van der Waals surface area (Å²) in [6.45, 7) is 6.70. The minimum absolute atomic E-state index is 0.499. The quantitative estimate of drug-likeness (QED) is 0.597. The molecule has 1 nitrogen and oxygen atoms in total. The summed E-state index contributed by atoms with van der Waals surface area (Å²) in [5.74, 6) is 0.920. The molecular weight excluding hydrogens is 136 g/mol. The van der Waals surface area contributed by atoms with Gasteiger partial charge >= 0.3 is 0 Å². The monoisotopic (exact) mass is 156 g/mol. The molecule has 0 aromatic rings. The Kier molecular flexibility index (Phi) is 3.38. The third kappa shape index (κ3) is 2.48. The Labute approximate surface area is 70.1 Å². The summed E-state index contributed by atoms with van der Waals surface area (Å²) in [5.41, 5.74) is 0. The van der Waals surface area contributed by atoms with Crippen molar-refractivity contribution in [3.05, 3.63) is 0 Å². The Morgan fingerprint density at radius 2 is 1.91 bits per heavy atom. The molecule has 0 radical (unpaired) electrons. The molecule has 1 heterocycles. The van der Waals surface area contributed by atoms with Crippen LogP contribution in [0.4, 0.5) is 0 Å². The van der Waals surface area contributed by atoms with Crippen molar-refractivity contribution in [1.29, 1.82) is 0 Å². The topological polar surface area (TPSA) is 9.23 Å². The normalized spacial score (nSPS) is 39.0. The first kappa shape index (κ1) is 9.05. The van der Waals surface area contributed by atoms with Crippen molar-refractivity contribution in [2.24, 2.45) is 5.92 Å². The van der Waals surface area contributed by atoms with Crippen molar-refractivity contribution >= 4 is 0 Å². The van der Waals surface area contributed by atoms with Gasteiger partial charge in [-0.15, -0.1) is 0 Å². The summed E-state index contributed by atoms with van der Waals surface area (Å²) < 4.78 is 5.77. The molecule has 0 saturated carbocycles. The van der Waals surface area contributed by atoms with Gasteiger partial charge < -0.3 is 4.74 Å². The molecule has 0 amide bonds. The first-order chi connectivity index (χ1) is 5.26. The van der Waals surface area contributed by atoms with Gasteiger partial charge in [0.05, 0.1) is 12.2 Å². The lowest BCUT2D eigenvalue weighted by Crippen LogP contribution is -2.30. The van der Waals surface area contributed by atoms with Crippen LogP contribution < -0.4 is 0 Å². The summed E-state index contributed by atoms with van der Waals surface area (Å²) in [5, 5.41) is 0. The highest BCUT2D eigenvalue weighted by molar-refractivity contribution is 4.73. The summed E-state index contributed by atoms with van der Waals surface area (Å²) in [7, 11) is 0. The van der Waals surface area contributed by atoms with Crippen LogP contribution in [0.5, 0.6) is 0 Å². The van der Waals surface area contributed by atoms with Crippen molar-refractivity contribution in [3.63, 3.8) is 0 Å². The molecule has 1 heteroatoms. The van der Waals surface area contributed by atoms with Crippen molar-refractivity contribution in [2.45, 2.75) is 58.7 Å². The third-order valence-electron chi connectivity index (χ3n) is 2.72. The average Bonchev–Trinajstić information content (AvgIpc) is 2.03. The van der Waals surface area contributed by atoms with Crippen LogP contribution in [0.2, 0.25) is 0 Å². The van der Waals surface area contributed by atoms with Gasteiger partial charge in [0.1, 0.15) is 0 Å². The SMILES string of the molecule is CC[C@H]1CC(C)O[C@@H](CC)C1. The Hall–Kier alpha value is -0.0400. The first-order valence-corrected chi connectivity index (χ1v) is 4.91. The molecular formula is C10H20O. The van der Waals surface area contributed by atoms with E-state index in [4.69, 9.17) is 4.74 Å².